The molecule has 2 aromatic rings. The van der Waals surface area contributed by atoms with Crippen molar-refractivity contribution in [1.29, 1.82) is 0 Å². The van der Waals surface area contributed by atoms with Crippen molar-refractivity contribution in [3.05, 3.63) is 68.2 Å². The van der Waals surface area contributed by atoms with Crippen LogP contribution in [0.3, 0.4) is 0 Å². The van der Waals surface area contributed by atoms with E-state index in [1.807, 2.05) is 6.07 Å². The number of likely N-dealkylation sites (tertiary alicyclic amines) is 2. The van der Waals surface area contributed by atoms with E-state index in [-0.39, 0.29) is 29.9 Å². The predicted molar refractivity (Wildman–Crippen MR) is 150 cm³/mol. The van der Waals surface area contributed by atoms with Crippen LogP contribution in [0.15, 0.2) is 36.4 Å². The molecule has 0 radical (unpaired) electrons. The fourth-order valence-corrected chi connectivity index (χ4v) is 6.48. The van der Waals surface area contributed by atoms with Gasteiger partial charge in [-0.3, -0.25) is 9.59 Å². The van der Waals surface area contributed by atoms with Gasteiger partial charge in [0.1, 0.15) is 0 Å². The van der Waals surface area contributed by atoms with Crippen molar-refractivity contribution in [1.82, 2.24) is 14.7 Å². The second-order valence-corrected chi connectivity index (χ2v) is 12.4. The zero-order valence-electron chi connectivity index (χ0n) is 22.1. The summed E-state index contributed by atoms with van der Waals surface area (Å²) >= 11 is 18.2. The number of carbonyl (C=O) groups is 2. The molecule has 0 N–H and O–H groups in total. The van der Waals surface area contributed by atoms with Gasteiger partial charge in [-0.25, -0.2) is 0 Å². The third-order valence-corrected chi connectivity index (χ3v) is 9.53. The summed E-state index contributed by atoms with van der Waals surface area (Å²) in [5, 5.41) is 0.268. The Morgan fingerprint density at radius 3 is 2.23 bits per heavy atom. The van der Waals surface area contributed by atoms with Gasteiger partial charge in [-0.2, -0.15) is 13.2 Å². The molecule has 5 rings (SSSR count). The SMILES string of the molecule is CN(C(=O)c1ccc(Cl)c(C(F)(F)F)c1)[C@H]1CN(C(=O)C2CCN(CC3CC3)CC2)C[C@@H]1c1ccc(Cl)c(Cl)c1. The fraction of sp³-hybridized carbons (Fsp3) is 0.517. The molecule has 3 fully saturated rings. The maximum absolute atomic E-state index is 13.7. The molecule has 2 aliphatic heterocycles. The maximum atomic E-state index is 13.7. The first-order valence-electron chi connectivity index (χ1n) is 13.5. The van der Waals surface area contributed by atoms with Crippen LogP contribution in [0.1, 0.15) is 53.1 Å². The number of nitrogens with zero attached hydrogens (tertiary/aromatic N) is 3. The summed E-state index contributed by atoms with van der Waals surface area (Å²) in [6.45, 7) is 3.55. The normalized spacial score (nSPS) is 22.5. The second-order valence-electron chi connectivity index (χ2n) is 11.2. The van der Waals surface area contributed by atoms with Crippen molar-refractivity contribution in [3.8, 4) is 0 Å². The molecule has 0 unspecified atom stereocenters. The molecule has 40 heavy (non-hydrogen) atoms. The highest BCUT2D eigenvalue weighted by Gasteiger charge is 2.43. The molecule has 2 heterocycles. The Labute approximate surface area is 247 Å². The molecule has 2 saturated heterocycles. The van der Waals surface area contributed by atoms with Crippen molar-refractivity contribution in [2.24, 2.45) is 11.8 Å². The van der Waals surface area contributed by atoms with Gasteiger partial charge in [-0.1, -0.05) is 40.9 Å². The Bertz CT molecular complexity index is 1280. The van der Waals surface area contributed by atoms with Crippen molar-refractivity contribution in [2.75, 3.05) is 39.8 Å². The van der Waals surface area contributed by atoms with E-state index >= 15 is 0 Å². The summed E-state index contributed by atoms with van der Waals surface area (Å²) in [4.78, 5) is 32.8. The molecular formula is C29H31Cl3F3N3O2. The lowest BCUT2D eigenvalue weighted by Gasteiger charge is -2.33. The van der Waals surface area contributed by atoms with E-state index in [1.54, 1.807) is 24.1 Å². The van der Waals surface area contributed by atoms with Gasteiger partial charge in [0.2, 0.25) is 5.91 Å². The molecule has 1 saturated carbocycles. The molecule has 2 aromatic carbocycles. The average molecular weight is 617 g/mol. The Balaban J connectivity index is 1.36. The third-order valence-electron chi connectivity index (χ3n) is 8.46. The molecule has 3 aliphatic rings. The molecule has 5 nitrogen and oxygen atoms in total. The van der Waals surface area contributed by atoms with Gasteiger partial charge in [-0.15, -0.1) is 0 Å². The summed E-state index contributed by atoms with van der Waals surface area (Å²) in [5.41, 5.74) is -0.383. The molecule has 216 valence electrons. The lowest BCUT2D eigenvalue weighted by molar-refractivity contribution is -0.137. The monoisotopic (exact) mass is 615 g/mol. The van der Waals surface area contributed by atoms with Crippen LogP contribution in [0.4, 0.5) is 13.2 Å². The maximum Gasteiger partial charge on any atom is 0.417 e. The first-order valence-corrected chi connectivity index (χ1v) is 14.7. The summed E-state index contributed by atoms with van der Waals surface area (Å²) in [6, 6.07) is 7.90. The van der Waals surface area contributed by atoms with Crippen LogP contribution in [0.25, 0.3) is 0 Å². The van der Waals surface area contributed by atoms with Gasteiger partial charge < -0.3 is 14.7 Å². The highest BCUT2D eigenvalue weighted by Crippen LogP contribution is 2.38. The van der Waals surface area contributed by atoms with Gasteiger partial charge in [0.05, 0.1) is 26.7 Å². The van der Waals surface area contributed by atoms with Crippen LogP contribution < -0.4 is 0 Å². The Hall–Kier alpha value is -2.00. The van der Waals surface area contributed by atoms with E-state index < -0.39 is 28.7 Å². The number of carbonyl (C=O) groups excluding carboxylic acids is 2. The minimum Gasteiger partial charge on any atom is -0.340 e. The van der Waals surface area contributed by atoms with Crippen molar-refractivity contribution in [3.63, 3.8) is 0 Å². The lowest BCUT2D eigenvalue weighted by Crippen LogP contribution is -2.44. The van der Waals surface area contributed by atoms with Crippen LogP contribution in [0.5, 0.6) is 0 Å². The molecule has 2 atom stereocenters. The van der Waals surface area contributed by atoms with E-state index in [4.69, 9.17) is 34.8 Å². The highest BCUT2D eigenvalue weighted by atomic mass is 35.5. The summed E-state index contributed by atoms with van der Waals surface area (Å²) < 4.78 is 40.4. The minimum atomic E-state index is -4.70. The smallest absolute Gasteiger partial charge is 0.340 e. The summed E-state index contributed by atoms with van der Waals surface area (Å²) in [6.07, 6.45) is -0.513. The second kappa shape index (κ2) is 11.7. The van der Waals surface area contributed by atoms with Crippen molar-refractivity contribution < 1.29 is 22.8 Å². The van der Waals surface area contributed by atoms with E-state index in [2.05, 4.69) is 4.90 Å². The van der Waals surface area contributed by atoms with E-state index in [1.165, 1.54) is 23.8 Å². The zero-order chi connectivity index (χ0) is 28.8. The molecule has 2 amide bonds. The van der Waals surface area contributed by atoms with Crippen LogP contribution in [0.2, 0.25) is 15.1 Å². The standard InChI is InChI=1S/C29H31Cl3F3N3O2/c1-36(27(39)20-5-6-23(30)22(12-20)29(33,34)35)26-16-38(15-21(26)19-4-7-24(31)25(32)13-19)28(40)18-8-10-37(11-9-18)14-17-2-3-17/h4-7,12-13,17-18,21,26H,2-3,8-11,14-16H2,1H3/t21-,26+/m1/s1. The van der Waals surface area contributed by atoms with Gasteiger partial charge in [0.25, 0.3) is 5.91 Å². The van der Waals surface area contributed by atoms with Crippen LogP contribution in [-0.2, 0) is 11.0 Å². The third kappa shape index (κ3) is 6.40. The summed E-state index contributed by atoms with van der Waals surface area (Å²) in [5.74, 6) is -0.1000. The number of amides is 2. The highest BCUT2D eigenvalue weighted by molar-refractivity contribution is 6.42. The lowest BCUT2D eigenvalue weighted by atomic mass is 9.93. The Morgan fingerprint density at radius 1 is 0.925 bits per heavy atom. The molecule has 0 spiro atoms. The number of halogens is 6. The van der Waals surface area contributed by atoms with Gasteiger partial charge in [-0.05, 0) is 80.6 Å². The molecule has 11 heteroatoms. The van der Waals surface area contributed by atoms with Crippen LogP contribution >= 0.6 is 34.8 Å². The van der Waals surface area contributed by atoms with Crippen LogP contribution in [-0.4, -0.2) is 72.3 Å². The number of piperidine rings is 1. The number of hydrogen-bond acceptors (Lipinski definition) is 3. The number of hydrogen-bond donors (Lipinski definition) is 0. The molecular weight excluding hydrogens is 586 g/mol. The first kappa shape index (κ1) is 29.5. The Kier molecular flexibility index (Phi) is 8.63. The number of benzene rings is 2. The van der Waals surface area contributed by atoms with Crippen molar-refractivity contribution >= 4 is 46.6 Å². The number of rotatable bonds is 6. The van der Waals surface area contributed by atoms with Crippen LogP contribution in [0, 0.1) is 11.8 Å². The largest absolute Gasteiger partial charge is 0.417 e. The predicted octanol–water partition coefficient (Wildman–Crippen LogP) is 6.85. The molecule has 0 bridgehead atoms. The molecule has 1 aliphatic carbocycles. The number of likely N-dealkylation sites (N-methyl/N-ethyl adjacent to an activating group) is 1. The fourth-order valence-electron chi connectivity index (χ4n) is 5.95. The van der Waals surface area contributed by atoms with E-state index in [0.29, 0.717) is 16.6 Å². The zero-order valence-corrected chi connectivity index (χ0v) is 24.3. The number of alkyl halides is 3. The van der Waals surface area contributed by atoms with Gasteiger partial charge >= 0.3 is 6.18 Å². The summed E-state index contributed by atoms with van der Waals surface area (Å²) in [7, 11) is 1.56. The van der Waals surface area contributed by atoms with E-state index in [9.17, 15) is 22.8 Å². The van der Waals surface area contributed by atoms with E-state index in [0.717, 1.165) is 56.1 Å². The van der Waals surface area contributed by atoms with Crippen molar-refractivity contribution in [2.45, 2.75) is 43.8 Å². The van der Waals surface area contributed by atoms with Gasteiger partial charge in [0, 0.05) is 44.1 Å². The molecule has 0 aromatic heterocycles. The first-order chi connectivity index (χ1) is 18.9. The topological polar surface area (TPSA) is 43.9 Å². The quantitative estimate of drug-likeness (QED) is 0.357. The minimum absolute atomic E-state index is 0.0605. The Morgan fingerprint density at radius 2 is 1.60 bits per heavy atom. The van der Waals surface area contributed by atoms with Gasteiger partial charge in [0.15, 0.2) is 0 Å². The average Bonchev–Trinajstić information content (AvgIpc) is 3.63.